The summed E-state index contributed by atoms with van der Waals surface area (Å²) in [5.74, 6) is -1.11. The number of aryl methyl sites for hydroxylation is 1. The predicted molar refractivity (Wildman–Crippen MR) is 101 cm³/mol. The Hall–Kier alpha value is -3.31. The van der Waals surface area contributed by atoms with Crippen molar-refractivity contribution >= 4 is 5.91 Å². The Morgan fingerprint density at radius 3 is 2.52 bits per heavy atom. The van der Waals surface area contributed by atoms with Crippen LogP contribution in [0.15, 0.2) is 39.5 Å². The molecule has 0 radical (unpaired) electrons. The summed E-state index contributed by atoms with van der Waals surface area (Å²) < 4.78 is 16.3. The van der Waals surface area contributed by atoms with E-state index < -0.39 is 12.0 Å². The van der Waals surface area contributed by atoms with E-state index in [1.165, 1.54) is 23.9 Å². The Morgan fingerprint density at radius 2 is 1.86 bits per heavy atom. The summed E-state index contributed by atoms with van der Waals surface area (Å²) in [6, 6.07) is 9.31. The lowest BCUT2D eigenvalue weighted by Crippen LogP contribution is -2.39. The van der Waals surface area contributed by atoms with E-state index >= 15 is 0 Å². The molecule has 0 saturated carbocycles. The van der Waals surface area contributed by atoms with Crippen molar-refractivity contribution in [3.05, 3.63) is 46.6 Å². The Kier molecular flexibility index (Phi) is 6.20. The van der Waals surface area contributed by atoms with E-state index in [2.05, 4.69) is 15.3 Å². The van der Waals surface area contributed by atoms with Gasteiger partial charge >= 0.3 is 5.76 Å². The number of benzene rings is 1. The summed E-state index contributed by atoms with van der Waals surface area (Å²) in [4.78, 5) is 27.3. The fourth-order valence-corrected chi connectivity index (χ4v) is 2.57. The minimum absolute atomic E-state index is 0.00297. The van der Waals surface area contributed by atoms with Crippen LogP contribution in [0.5, 0.6) is 0 Å². The molecular weight excluding hydrogens is 380 g/mol. The van der Waals surface area contributed by atoms with Crippen molar-refractivity contribution in [2.45, 2.75) is 19.8 Å². The van der Waals surface area contributed by atoms with Crippen molar-refractivity contribution < 1.29 is 18.7 Å². The molecule has 0 spiro atoms. The van der Waals surface area contributed by atoms with Crippen molar-refractivity contribution in [1.29, 1.82) is 0 Å². The smallest absolute Gasteiger partial charge is 0.386 e. The molecule has 0 unspecified atom stereocenters. The summed E-state index contributed by atoms with van der Waals surface area (Å²) >= 11 is 0. The average molecular weight is 402 g/mol. The number of rotatable bonds is 8. The van der Waals surface area contributed by atoms with E-state index in [1.54, 1.807) is 14.0 Å². The third kappa shape index (κ3) is 4.58. The Bertz CT molecular complexity index is 1020. The first-order valence-corrected chi connectivity index (χ1v) is 8.80. The minimum Gasteiger partial charge on any atom is -0.386 e. The largest absolute Gasteiger partial charge is 0.437 e. The number of amides is 1. The predicted octanol–water partition coefficient (Wildman–Crippen LogP) is 0.470. The lowest BCUT2D eigenvalue weighted by molar-refractivity contribution is -0.143. The van der Waals surface area contributed by atoms with E-state index in [-0.39, 0.29) is 24.9 Å². The van der Waals surface area contributed by atoms with Crippen molar-refractivity contribution in [2.24, 2.45) is 0 Å². The van der Waals surface area contributed by atoms with Crippen molar-refractivity contribution in [3.8, 4) is 17.3 Å². The summed E-state index contributed by atoms with van der Waals surface area (Å²) in [7, 11) is 4.53. The minimum atomic E-state index is -0.759. The molecule has 3 rings (SSSR count). The molecule has 3 aromatic rings. The first kappa shape index (κ1) is 20.4. The van der Waals surface area contributed by atoms with E-state index in [1.807, 2.05) is 30.3 Å². The second-order valence-electron chi connectivity index (χ2n) is 6.27. The standard InChI is InChI=1S/C18H22N6O5/c1-12-16(20-24(19-12)13-8-6-5-7-9-13)17-21-23(18(26)29-17)10-14(25)22(2)11-15(27-3)28-4/h5-9,15H,10-11H2,1-4H3. The SMILES string of the molecule is COC(CN(C)C(=O)Cn1nc(-c2nn(-c3ccccc3)nc2C)oc1=O)OC. The zero-order valence-electron chi connectivity index (χ0n) is 16.6. The highest BCUT2D eigenvalue weighted by molar-refractivity contribution is 5.75. The first-order chi connectivity index (χ1) is 13.9. The van der Waals surface area contributed by atoms with Gasteiger partial charge in [-0.2, -0.15) is 14.6 Å². The van der Waals surface area contributed by atoms with Crippen LogP contribution in [0.2, 0.25) is 0 Å². The third-order valence-electron chi connectivity index (χ3n) is 4.24. The number of hydrogen-bond acceptors (Lipinski definition) is 8. The molecule has 11 heteroatoms. The molecule has 1 amide bonds. The monoisotopic (exact) mass is 402 g/mol. The Morgan fingerprint density at radius 1 is 1.17 bits per heavy atom. The normalized spacial score (nSPS) is 11.2. The number of hydrogen-bond donors (Lipinski definition) is 0. The molecule has 0 aliphatic heterocycles. The maximum absolute atomic E-state index is 12.4. The van der Waals surface area contributed by atoms with Gasteiger partial charge in [0.05, 0.1) is 17.9 Å². The van der Waals surface area contributed by atoms with Crippen LogP contribution in [0.1, 0.15) is 5.69 Å². The van der Waals surface area contributed by atoms with Crippen LogP contribution in [-0.4, -0.2) is 69.7 Å². The number of likely N-dealkylation sites (N-methyl/N-ethyl adjacent to an activating group) is 1. The topological polar surface area (TPSA) is 118 Å². The molecule has 11 nitrogen and oxygen atoms in total. The van der Waals surface area contributed by atoms with Crippen LogP contribution in [0.25, 0.3) is 17.3 Å². The number of para-hydroxylation sites is 1. The number of carbonyl (C=O) groups excluding carboxylic acids is 1. The van der Waals surface area contributed by atoms with Gasteiger partial charge in [0.2, 0.25) is 5.91 Å². The molecule has 2 heterocycles. The van der Waals surface area contributed by atoms with Crippen molar-refractivity contribution in [3.63, 3.8) is 0 Å². The van der Waals surface area contributed by atoms with E-state index in [0.717, 1.165) is 10.4 Å². The zero-order chi connectivity index (χ0) is 21.0. The van der Waals surface area contributed by atoms with Crippen molar-refractivity contribution in [2.75, 3.05) is 27.8 Å². The summed E-state index contributed by atoms with van der Waals surface area (Å²) in [5, 5.41) is 12.8. The van der Waals surface area contributed by atoms with Crippen LogP contribution < -0.4 is 5.76 Å². The molecule has 29 heavy (non-hydrogen) atoms. The summed E-state index contributed by atoms with van der Waals surface area (Å²) in [5.41, 5.74) is 1.62. The number of nitrogens with zero attached hydrogens (tertiary/aromatic N) is 6. The molecule has 0 aliphatic carbocycles. The van der Waals surface area contributed by atoms with E-state index in [4.69, 9.17) is 13.9 Å². The lowest BCUT2D eigenvalue weighted by atomic mass is 10.3. The maximum atomic E-state index is 12.4. The average Bonchev–Trinajstić information content (AvgIpc) is 3.29. The van der Waals surface area contributed by atoms with Gasteiger partial charge in [0.1, 0.15) is 6.54 Å². The molecule has 0 atom stereocenters. The maximum Gasteiger partial charge on any atom is 0.437 e. The van der Waals surface area contributed by atoms with E-state index in [0.29, 0.717) is 11.4 Å². The fraction of sp³-hybridized carbons (Fsp3) is 0.389. The van der Waals surface area contributed by atoms with Crippen LogP contribution in [0.4, 0.5) is 0 Å². The molecule has 0 bridgehead atoms. The second kappa shape index (κ2) is 8.80. The van der Waals surface area contributed by atoms with Gasteiger partial charge in [0.15, 0.2) is 12.0 Å². The molecule has 154 valence electrons. The van der Waals surface area contributed by atoms with Crippen LogP contribution >= 0.6 is 0 Å². The Balaban J connectivity index is 1.78. The number of methoxy groups -OCH3 is 2. The van der Waals surface area contributed by atoms with Gasteiger partial charge in [-0.05, 0) is 19.1 Å². The van der Waals surface area contributed by atoms with Gasteiger partial charge in [-0.3, -0.25) is 4.79 Å². The molecular formula is C18H22N6O5. The Labute approximate surface area is 166 Å². The molecule has 0 aliphatic rings. The molecule has 1 aromatic carbocycles. The number of carbonyl (C=O) groups is 1. The molecule has 0 fully saturated rings. The number of aromatic nitrogens is 5. The molecule has 0 saturated heterocycles. The molecule has 2 aromatic heterocycles. The van der Waals surface area contributed by atoms with Gasteiger partial charge in [-0.15, -0.1) is 10.2 Å². The van der Waals surface area contributed by atoms with Crippen LogP contribution in [-0.2, 0) is 20.8 Å². The summed E-state index contributed by atoms with van der Waals surface area (Å²) in [6.45, 7) is 1.65. The summed E-state index contributed by atoms with van der Waals surface area (Å²) in [6.07, 6.45) is -0.566. The van der Waals surface area contributed by atoms with Gasteiger partial charge in [-0.1, -0.05) is 18.2 Å². The lowest BCUT2D eigenvalue weighted by Gasteiger charge is -2.21. The van der Waals surface area contributed by atoms with Gasteiger partial charge in [0.25, 0.3) is 5.89 Å². The van der Waals surface area contributed by atoms with Gasteiger partial charge in [-0.25, -0.2) is 4.79 Å². The third-order valence-corrected chi connectivity index (χ3v) is 4.24. The number of ether oxygens (including phenoxy) is 2. The highest BCUT2D eigenvalue weighted by Gasteiger charge is 2.21. The molecule has 0 N–H and O–H groups in total. The zero-order valence-corrected chi connectivity index (χ0v) is 16.6. The highest BCUT2D eigenvalue weighted by atomic mass is 16.7. The highest BCUT2D eigenvalue weighted by Crippen LogP contribution is 2.17. The first-order valence-electron chi connectivity index (χ1n) is 8.80. The van der Waals surface area contributed by atoms with Crippen LogP contribution in [0.3, 0.4) is 0 Å². The fourth-order valence-electron chi connectivity index (χ4n) is 2.57. The van der Waals surface area contributed by atoms with Gasteiger partial charge < -0.3 is 18.8 Å². The van der Waals surface area contributed by atoms with E-state index in [9.17, 15) is 9.59 Å². The quantitative estimate of drug-likeness (QED) is 0.499. The van der Waals surface area contributed by atoms with Crippen LogP contribution in [0, 0.1) is 6.92 Å². The van der Waals surface area contributed by atoms with Crippen molar-refractivity contribution in [1.82, 2.24) is 29.7 Å². The van der Waals surface area contributed by atoms with Gasteiger partial charge in [0, 0.05) is 21.3 Å². The second-order valence-corrected chi connectivity index (χ2v) is 6.27.